The van der Waals surface area contributed by atoms with Crippen LogP contribution in [0.15, 0.2) is 111 Å². The van der Waals surface area contributed by atoms with Gasteiger partial charge in [-0.3, -0.25) is 18.4 Å². The van der Waals surface area contributed by atoms with Gasteiger partial charge in [-0.2, -0.15) is 5.26 Å². The van der Waals surface area contributed by atoms with Crippen molar-refractivity contribution < 1.29 is 101 Å². The number of rotatable bonds is 19. The Morgan fingerprint density at radius 2 is 0.763 bits per heavy atom. The van der Waals surface area contributed by atoms with Gasteiger partial charge in [0, 0.05) is 67.8 Å². The van der Waals surface area contributed by atoms with Gasteiger partial charge in [0.15, 0.2) is 9.92 Å². The Labute approximate surface area is 840 Å². The number of carbonyl (C=O) groups is 5. The molecule has 10 aromatic rings. The maximum Gasteiger partial charge on any atom is 0.495 e. The van der Waals surface area contributed by atoms with Crippen LogP contribution in [0.3, 0.4) is 0 Å². The Balaban J connectivity index is 0.000000180. The molecule has 0 spiro atoms. The lowest BCUT2D eigenvalue weighted by Gasteiger charge is -2.32. The highest BCUT2D eigenvalue weighted by Gasteiger charge is 2.64. The van der Waals surface area contributed by atoms with E-state index < -0.39 is 120 Å². The minimum absolute atomic E-state index is 0.00719. The normalized spacial score (nSPS) is 17.0. The molecule has 26 nitrogen and oxygen atoms in total. The quantitative estimate of drug-likeness (QED) is 0.0217. The van der Waals surface area contributed by atoms with Gasteiger partial charge in [-0.25, -0.2) is 59.5 Å². The van der Waals surface area contributed by atoms with Crippen molar-refractivity contribution in [2.45, 2.75) is 267 Å². The number of halogens is 11. The molecule has 0 radical (unpaired) electrons. The highest BCUT2D eigenvalue weighted by Crippen LogP contribution is 2.44. The van der Waals surface area contributed by atoms with Crippen LogP contribution in [0.2, 0.25) is 0 Å². The Bertz CT molecular complexity index is 5920. The maximum atomic E-state index is 14.8. The summed E-state index contributed by atoms with van der Waals surface area (Å²) >= 11 is 12.3. The fourth-order valence-corrected chi connectivity index (χ4v) is 18.0. The number of alkyl carbamates (subject to hydrolysis) is 3. The molecule has 0 atom stereocenters. The molecule has 5 amide bonds. The van der Waals surface area contributed by atoms with Crippen molar-refractivity contribution in [3.63, 3.8) is 0 Å². The summed E-state index contributed by atoms with van der Waals surface area (Å²) in [5, 5.41) is 21.3. The van der Waals surface area contributed by atoms with Crippen molar-refractivity contribution in [3.05, 3.63) is 191 Å². The zero-order chi connectivity index (χ0) is 103. The third-order valence-corrected chi connectivity index (χ3v) is 27.3. The van der Waals surface area contributed by atoms with Crippen LogP contribution in [0.4, 0.5) is 49.5 Å². The highest BCUT2D eigenvalue weighted by atomic mass is 79.9. The van der Waals surface area contributed by atoms with Gasteiger partial charge in [0.2, 0.25) is 0 Å². The molecular formula is C97H122B3Br3F8N12O14S2. The lowest BCUT2D eigenvalue weighted by atomic mass is 9.49. The SMILES string of the molecule is CC(C)(C)OC(=O)NCc1c(F)cc(-c2cn3c(n2)sc2cc(C(=O)NCCCN4CCCCC4)ccc23)cc1F.CC(C)(C)OC(=O)NCc1c(F)cc(B2OC(C)(C)C(C)(C)O2)cc1F.CC(C)(C)OC(=O)NCc1c(F)cc(Br)cc1F.CC1(C)OB(B2OC(C)(C)C(C)(C)O2)OC1(C)C.N#Cc1c(F)cc(Br)cc1F.O=C(NCCCN1CCCCC1)c1ccc2c(c1)sc1nc(Br)cn12. The largest absolute Gasteiger partial charge is 0.495 e. The van der Waals surface area contributed by atoms with E-state index in [1.54, 1.807) is 85.9 Å². The molecule has 15 rings (SSSR count). The molecule has 5 saturated heterocycles. The van der Waals surface area contributed by atoms with Crippen LogP contribution in [0.25, 0.3) is 41.6 Å². The summed E-state index contributed by atoms with van der Waals surface area (Å²) in [7, 11) is -1.82. The van der Waals surface area contributed by atoms with Crippen LogP contribution in [-0.2, 0) is 61.8 Å². The van der Waals surface area contributed by atoms with Crippen molar-refractivity contribution in [2.75, 3.05) is 52.4 Å². The number of imidazole rings is 2. The van der Waals surface area contributed by atoms with Crippen LogP contribution in [0.1, 0.15) is 240 Å². The molecule has 752 valence electrons. The first-order valence-electron chi connectivity index (χ1n) is 45.8. The number of piperidine rings is 2. The summed E-state index contributed by atoms with van der Waals surface area (Å²) in [6, 6.07) is 21.8. The van der Waals surface area contributed by atoms with Gasteiger partial charge in [0.25, 0.3) is 11.8 Å². The Morgan fingerprint density at radius 1 is 0.439 bits per heavy atom. The minimum atomic E-state index is -0.864. The number of fused-ring (bicyclic) bond motifs is 6. The van der Waals surface area contributed by atoms with Gasteiger partial charge < -0.3 is 78.5 Å². The molecule has 4 aromatic heterocycles. The molecule has 0 saturated carbocycles. The standard InChI is InChI=1S/C30H35F2N5O3S.C18H26BF2NO4.C18H21BrN4OS.C12H24B2O4.C12H14BrF2NO2.C7H2BrF2N/c1-30(2,3)40-29(39)34-17-21-22(31)14-20(15-23(21)32)24-18-37-25-9-8-19(16-26(25)41-28(37)35-24)27(38)33-10-7-13-36-11-5-4-6-12-36;1-16(2,3)24-15(23)22-10-12-13(20)8-11(9-14(12)21)19-25-17(4,5)18(6,7)26-19;19-16-12-23-14-6-5-13(11-15(14)25-18(23)21-16)17(24)20-7-4-10-22-8-2-1-3-9-22;1-9(2)10(3,4)16-13(15-9)14-17-11(5,6)12(7,8)18-14;1-12(2,3)18-11(17)16-6-8-9(14)4-7(13)5-10(8)15;8-4-1-6(9)5(3-11)7(10)2-4/h8-9,14-16,18H,4-7,10-13,17H2,1-3H3,(H,33,38)(H,34,39);8-9H,10H2,1-7H3,(H,22,23);5-6,11-12H,1-4,7-10H2,(H,20,24);1-8H3;4-5H,6H2,1-3H3,(H,16,17);1-2H. The van der Waals surface area contributed by atoms with E-state index >= 15 is 0 Å². The second-order valence-electron chi connectivity index (χ2n) is 40.1. The number of hydrogen-bond donors (Lipinski definition) is 5. The number of nitrogens with one attached hydrogen (secondary N) is 5. The molecule has 5 fully saturated rings. The van der Waals surface area contributed by atoms with E-state index in [4.69, 9.17) is 47.4 Å². The summed E-state index contributed by atoms with van der Waals surface area (Å²) in [4.78, 5) is 75.5. The van der Waals surface area contributed by atoms with Crippen molar-refractivity contribution in [2.24, 2.45) is 0 Å². The van der Waals surface area contributed by atoms with Crippen molar-refractivity contribution in [3.8, 4) is 17.3 Å². The van der Waals surface area contributed by atoms with Gasteiger partial charge in [-0.1, -0.05) is 67.4 Å². The molecule has 6 aromatic carbocycles. The first-order valence-corrected chi connectivity index (χ1v) is 49.8. The van der Waals surface area contributed by atoms with E-state index in [-0.39, 0.29) is 86.0 Å². The van der Waals surface area contributed by atoms with Gasteiger partial charge in [-0.05, 0) is 330 Å². The van der Waals surface area contributed by atoms with Gasteiger partial charge in [-0.15, -0.1) is 0 Å². The Hall–Kier alpha value is -8.83. The summed E-state index contributed by atoms with van der Waals surface area (Å²) in [5.41, 5.74) is -1.81. The lowest BCUT2D eigenvalue weighted by Crippen LogP contribution is -2.41. The van der Waals surface area contributed by atoms with Crippen LogP contribution in [-0.4, -0.2) is 183 Å². The van der Waals surface area contributed by atoms with E-state index in [0.717, 1.165) is 112 Å². The summed E-state index contributed by atoms with van der Waals surface area (Å²) in [5.74, 6) is -6.39. The van der Waals surface area contributed by atoms with Crippen LogP contribution in [0, 0.1) is 57.9 Å². The predicted molar refractivity (Wildman–Crippen MR) is 535 cm³/mol. The number of nitriles is 1. The number of amides is 5. The van der Waals surface area contributed by atoms with E-state index in [1.807, 2.05) is 128 Å². The number of ether oxygens (including phenoxy) is 3. The second-order valence-corrected chi connectivity index (χ2v) is 44.7. The molecule has 5 aliphatic heterocycles. The number of hydrogen-bond acceptors (Lipinski definition) is 21. The summed E-state index contributed by atoms with van der Waals surface area (Å²) < 4.78 is 168. The molecule has 9 heterocycles. The molecule has 5 aliphatic rings. The van der Waals surface area contributed by atoms with E-state index in [1.165, 1.54) is 81.2 Å². The van der Waals surface area contributed by atoms with E-state index in [9.17, 15) is 59.1 Å². The van der Waals surface area contributed by atoms with Crippen molar-refractivity contribution in [1.29, 1.82) is 5.26 Å². The predicted octanol–water partition coefficient (Wildman–Crippen LogP) is 21.9. The third kappa shape index (κ3) is 30.9. The molecular weight excluding hydrogens is 2050 g/mol. The lowest BCUT2D eigenvalue weighted by molar-refractivity contribution is 0.00578. The van der Waals surface area contributed by atoms with Crippen molar-refractivity contribution in [1.82, 2.24) is 55.2 Å². The van der Waals surface area contributed by atoms with Crippen LogP contribution >= 0.6 is 70.5 Å². The molecule has 5 N–H and O–H groups in total. The fraction of sp³-hybridized carbons (Fsp3) is 0.505. The molecule has 0 unspecified atom stereocenters. The molecule has 42 heteroatoms. The number of aromatic nitrogens is 4. The third-order valence-electron chi connectivity index (χ3n) is 24.0. The zero-order valence-corrected chi connectivity index (χ0v) is 88.6. The summed E-state index contributed by atoms with van der Waals surface area (Å²) in [6.45, 7) is 46.2. The number of carbonyl (C=O) groups excluding carboxylic acids is 5. The first kappa shape index (κ1) is 112. The van der Waals surface area contributed by atoms with E-state index in [0.29, 0.717) is 32.8 Å². The van der Waals surface area contributed by atoms with Crippen molar-refractivity contribution >= 4 is 158 Å². The fourth-order valence-electron chi connectivity index (χ4n) is 14.6. The molecule has 139 heavy (non-hydrogen) atoms. The minimum Gasteiger partial charge on any atom is -0.444 e. The monoisotopic (exact) mass is 2160 g/mol. The topological polar surface area (TPSA) is 293 Å². The van der Waals surface area contributed by atoms with Crippen LogP contribution in [0.5, 0.6) is 0 Å². The number of nitrogens with zero attached hydrogens (tertiary/aromatic N) is 7. The average Bonchev–Trinajstić information content (AvgIpc) is 1.63. The second kappa shape index (κ2) is 46.7. The smallest absolute Gasteiger partial charge is 0.444 e. The van der Waals surface area contributed by atoms with Gasteiger partial charge >= 0.3 is 39.4 Å². The first-order chi connectivity index (χ1) is 64.7. The molecule has 0 bridgehead atoms. The zero-order valence-electron chi connectivity index (χ0n) is 82.2. The van der Waals surface area contributed by atoms with Gasteiger partial charge in [0.1, 0.15) is 79.6 Å². The van der Waals surface area contributed by atoms with Gasteiger partial charge in [0.05, 0.1) is 79.4 Å². The van der Waals surface area contributed by atoms with E-state index in [2.05, 4.69) is 94.1 Å². The molecule has 0 aliphatic carbocycles. The Kier molecular flexibility index (Phi) is 37.7. The average molecular weight is 2170 g/mol. The summed E-state index contributed by atoms with van der Waals surface area (Å²) in [6.07, 6.45) is 11.2. The maximum absolute atomic E-state index is 14.8. The van der Waals surface area contributed by atoms with Crippen LogP contribution < -0.4 is 32.0 Å². The Morgan fingerprint density at radius 3 is 1.12 bits per heavy atom. The number of thiazole rings is 2. The number of likely N-dealkylation sites (tertiary alicyclic amines) is 2. The number of benzene rings is 6. The highest BCUT2D eigenvalue weighted by molar-refractivity contribution is 9.11.